The van der Waals surface area contributed by atoms with Gasteiger partial charge in [-0.2, -0.15) is 4.98 Å². The first-order valence-electron chi connectivity index (χ1n) is 9.46. The van der Waals surface area contributed by atoms with E-state index in [-0.39, 0.29) is 6.04 Å². The van der Waals surface area contributed by atoms with Crippen LogP contribution in [0.1, 0.15) is 29.7 Å². The zero-order chi connectivity index (χ0) is 19.1. The highest BCUT2D eigenvalue weighted by Gasteiger charge is 2.36. The average molecular weight is 375 g/mol. The number of likely N-dealkylation sites (tertiary alicyclic amines) is 1. The zero-order valence-electron chi connectivity index (χ0n) is 15.6. The highest BCUT2D eigenvalue weighted by molar-refractivity contribution is 5.77. The maximum Gasteiger partial charge on any atom is 0.244 e. The van der Waals surface area contributed by atoms with E-state index in [2.05, 4.69) is 15.0 Å². The second-order valence-corrected chi connectivity index (χ2v) is 7.41. The van der Waals surface area contributed by atoms with Crippen LogP contribution in [0, 0.1) is 6.92 Å². The molecule has 0 amide bonds. The van der Waals surface area contributed by atoms with Crippen molar-refractivity contribution in [2.45, 2.75) is 32.0 Å². The Hall–Kier alpha value is -2.96. The van der Waals surface area contributed by atoms with Crippen molar-refractivity contribution in [3.05, 3.63) is 71.8 Å². The number of rotatable bonds is 4. The van der Waals surface area contributed by atoms with E-state index in [1.54, 1.807) is 0 Å². The summed E-state index contributed by atoms with van der Waals surface area (Å²) < 4.78 is 11.5. The lowest BCUT2D eigenvalue weighted by Gasteiger charge is -2.19. The van der Waals surface area contributed by atoms with E-state index in [4.69, 9.17) is 8.94 Å². The van der Waals surface area contributed by atoms with Gasteiger partial charge in [0, 0.05) is 17.5 Å². The number of β-amino-alcohol motifs (C(OH)–C–C–N with tert-alkyl or cyclic N) is 1. The summed E-state index contributed by atoms with van der Waals surface area (Å²) in [4.78, 5) is 6.75. The maximum absolute atomic E-state index is 10.2. The molecule has 0 spiro atoms. The number of hydrogen-bond acceptors (Lipinski definition) is 6. The highest BCUT2D eigenvalue weighted by atomic mass is 16.5. The fraction of sp³-hybridized carbons (Fsp3) is 0.273. The molecule has 28 heavy (non-hydrogen) atoms. The molecule has 1 fully saturated rings. The lowest BCUT2D eigenvalue weighted by atomic mass is 10.1. The molecule has 1 aliphatic rings. The molecule has 0 aliphatic carbocycles. The van der Waals surface area contributed by atoms with E-state index in [0.717, 1.165) is 27.9 Å². The van der Waals surface area contributed by atoms with Crippen LogP contribution in [0.15, 0.2) is 63.5 Å². The van der Waals surface area contributed by atoms with Crippen LogP contribution in [-0.4, -0.2) is 32.8 Å². The van der Waals surface area contributed by atoms with E-state index in [1.807, 2.05) is 61.5 Å². The van der Waals surface area contributed by atoms with Gasteiger partial charge in [-0.25, -0.2) is 0 Å². The van der Waals surface area contributed by atoms with Crippen LogP contribution in [0.4, 0.5) is 0 Å². The van der Waals surface area contributed by atoms with Crippen molar-refractivity contribution in [3.63, 3.8) is 0 Å². The van der Waals surface area contributed by atoms with Crippen molar-refractivity contribution in [1.82, 2.24) is 15.0 Å². The SMILES string of the molecule is Cc1cccc(-c2noc([C@H]3C[C@@H](O)CN3Cc3cc4ccccc4o3)n2)c1. The van der Waals surface area contributed by atoms with Crippen molar-refractivity contribution in [3.8, 4) is 11.4 Å². The Balaban J connectivity index is 1.40. The molecule has 1 N–H and O–H groups in total. The van der Waals surface area contributed by atoms with Crippen LogP contribution in [0.25, 0.3) is 22.4 Å². The van der Waals surface area contributed by atoms with Crippen molar-refractivity contribution in [2.75, 3.05) is 6.54 Å². The number of benzene rings is 2. The van der Waals surface area contributed by atoms with Crippen LogP contribution in [-0.2, 0) is 6.54 Å². The van der Waals surface area contributed by atoms with Crippen LogP contribution in [0.5, 0.6) is 0 Å². The van der Waals surface area contributed by atoms with E-state index in [1.165, 1.54) is 0 Å². The molecule has 0 unspecified atom stereocenters. The molecule has 6 nitrogen and oxygen atoms in total. The molecule has 142 valence electrons. The minimum absolute atomic E-state index is 0.130. The Bertz CT molecular complexity index is 1080. The molecule has 2 aromatic carbocycles. The Morgan fingerprint density at radius 2 is 2.04 bits per heavy atom. The monoisotopic (exact) mass is 375 g/mol. The third kappa shape index (κ3) is 3.21. The molecule has 3 heterocycles. The minimum atomic E-state index is -0.427. The van der Waals surface area contributed by atoms with Gasteiger partial charge in [0.2, 0.25) is 11.7 Å². The number of furan rings is 1. The van der Waals surface area contributed by atoms with Gasteiger partial charge in [0.25, 0.3) is 0 Å². The summed E-state index contributed by atoms with van der Waals surface area (Å²) in [5.74, 6) is 1.96. The van der Waals surface area contributed by atoms with E-state index in [9.17, 15) is 5.11 Å². The third-order valence-electron chi connectivity index (χ3n) is 5.22. The average Bonchev–Trinajstić information content (AvgIpc) is 3.39. The highest BCUT2D eigenvalue weighted by Crippen LogP contribution is 2.34. The van der Waals surface area contributed by atoms with Crippen molar-refractivity contribution >= 4 is 11.0 Å². The van der Waals surface area contributed by atoms with Crippen LogP contribution < -0.4 is 0 Å². The number of aryl methyl sites for hydroxylation is 1. The number of hydrogen-bond donors (Lipinski definition) is 1. The maximum atomic E-state index is 10.2. The first kappa shape index (κ1) is 17.2. The van der Waals surface area contributed by atoms with E-state index < -0.39 is 6.10 Å². The van der Waals surface area contributed by atoms with E-state index in [0.29, 0.717) is 31.2 Å². The predicted molar refractivity (Wildman–Crippen MR) is 104 cm³/mol. The molecule has 0 radical (unpaired) electrons. The lowest BCUT2D eigenvalue weighted by Crippen LogP contribution is -2.24. The Morgan fingerprint density at radius 3 is 2.89 bits per heavy atom. The summed E-state index contributed by atoms with van der Waals surface area (Å²) in [5.41, 5.74) is 2.94. The number of aliphatic hydroxyl groups is 1. The van der Waals surface area contributed by atoms with Gasteiger partial charge in [-0.15, -0.1) is 0 Å². The van der Waals surface area contributed by atoms with Gasteiger partial charge in [-0.05, 0) is 31.5 Å². The molecule has 2 atom stereocenters. The fourth-order valence-electron chi connectivity index (χ4n) is 3.90. The largest absolute Gasteiger partial charge is 0.460 e. The van der Waals surface area contributed by atoms with Gasteiger partial charge < -0.3 is 14.0 Å². The molecule has 1 saturated heterocycles. The number of nitrogens with zero attached hydrogens (tertiary/aromatic N) is 3. The van der Waals surface area contributed by atoms with E-state index >= 15 is 0 Å². The molecule has 6 heteroatoms. The standard InChI is InChI=1S/C22H21N3O3/c1-14-5-4-7-16(9-14)21-23-22(28-24-21)19-11-17(26)12-25(19)13-18-10-15-6-2-3-8-20(15)27-18/h2-10,17,19,26H,11-13H2,1H3/t17-,19-/m1/s1. The number of aliphatic hydroxyl groups excluding tert-OH is 1. The number of aromatic nitrogens is 2. The van der Waals surface area contributed by atoms with Gasteiger partial charge >= 0.3 is 0 Å². The normalized spacial score (nSPS) is 20.2. The Kier molecular flexibility index (Phi) is 4.22. The predicted octanol–water partition coefficient (Wildman–Crippen LogP) is 4.10. The Labute approximate surface area is 162 Å². The van der Waals surface area contributed by atoms with Crippen molar-refractivity contribution < 1.29 is 14.0 Å². The topological polar surface area (TPSA) is 75.5 Å². The van der Waals surface area contributed by atoms with Gasteiger partial charge in [0.05, 0.1) is 18.7 Å². The Morgan fingerprint density at radius 1 is 1.14 bits per heavy atom. The molecule has 1 aliphatic heterocycles. The fourth-order valence-corrected chi connectivity index (χ4v) is 3.90. The van der Waals surface area contributed by atoms with Gasteiger partial charge in [-0.3, -0.25) is 4.90 Å². The second kappa shape index (κ2) is 6.89. The van der Waals surface area contributed by atoms with Crippen LogP contribution >= 0.6 is 0 Å². The number of fused-ring (bicyclic) bond motifs is 1. The molecule has 4 aromatic rings. The van der Waals surface area contributed by atoms with Crippen LogP contribution in [0.2, 0.25) is 0 Å². The minimum Gasteiger partial charge on any atom is -0.460 e. The summed E-state index contributed by atoms with van der Waals surface area (Å²) >= 11 is 0. The molecular weight excluding hydrogens is 354 g/mol. The summed E-state index contributed by atoms with van der Waals surface area (Å²) in [6.45, 7) is 3.16. The summed E-state index contributed by atoms with van der Waals surface area (Å²) in [6.07, 6.45) is 0.138. The smallest absolute Gasteiger partial charge is 0.244 e. The van der Waals surface area contributed by atoms with Crippen molar-refractivity contribution in [2.24, 2.45) is 0 Å². The number of para-hydroxylation sites is 1. The van der Waals surface area contributed by atoms with Crippen LogP contribution in [0.3, 0.4) is 0 Å². The molecule has 2 aromatic heterocycles. The summed E-state index contributed by atoms with van der Waals surface area (Å²) in [7, 11) is 0. The summed E-state index contributed by atoms with van der Waals surface area (Å²) in [5, 5.41) is 15.5. The lowest BCUT2D eigenvalue weighted by molar-refractivity contribution is 0.164. The molecular formula is C22H21N3O3. The first-order chi connectivity index (χ1) is 13.7. The second-order valence-electron chi connectivity index (χ2n) is 7.41. The van der Waals surface area contributed by atoms with Gasteiger partial charge in [0.15, 0.2) is 0 Å². The van der Waals surface area contributed by atoms with Crippen molar-refractivity contribution in [1.29, 1.82) is 0 Å². The molecule has 0 bridgehead atoms. The molecule has 5 rings (SSSR count). The zero-order valence-corrected chi connectivity index (χ0v) is 15.6. The van der Waals surface area contributed by atoms with Gasteiger partial charge in [-0.1, -0.05) is 47.1 Å². The quantitative estimate of drug-likeness (QED) is 0.579. The molecule has 0 saturated carbocycles. The van der Waals surface area contributed by atoms with Gasteiger partial charge in [0.1, 0.15) is 11.3 Å². The summed E-state index contributed by atoms with van der Waals surface area (Å²) in [6, 6.07) is 17.9. The third-order valence-corrected chi connectivity index (χ3v) is 5.22. The first-order valence-corrected chi connectivity index (χ1v) is 9.46.